The fourth-order valence-electron chi connectivity index (χ4n) is 2.31. The molecule has 0 saturated heterocycles. The van der Waals surface area contributed by atoms with E-state index in [0.29, 0.717) is 6.54 Å². The Labute approximate surface area is 148 Å². The highest BCUT2D eigenvalue weighted by Gasteiger charge is 2.12. The van der Waals surface area contributed by atoms with Crippen molar-refractivity contribution in [3.8, 4) is 5.75 Å². The summed E-state index contributed by atoms with van der Waals surface area (Å²) in [5, 5.41) is 2.99. The SMILES string of the molecule is COc1ccc(CCCNC(=O)[C@H](C)SCc2ccccc2)cc1. The first-order chi connectivity index (χ1) is 11.7. The third-order valence-corrected chi connectivity index (χ3v) is 5.03. The lowest BCUT2D eigenvalue weighted by Crippen LogP contribution is -2.31. The quantitative estimate of drug-likeness (QED) is 0.698. The van der Waals surface area contributed by atoms with Gasteiger partial charge in [-0.2, -0.15) is 0 Å². The minimum atomic E-state index is -0.0359. The zero-order valence-corrected chi connectivity index (χ0v) is 15.1. The molecule has 0 aromatic heterocycles. The number of aryl methyl sites for hydroxylation is 1. The minimum absolute atomic E-state index is 0.0359. The summed E-state index contributed by atoms with van der Waals surface area (Å²) in [6, 6.07) is 18.3. The third-order valence-electron chi connectivity index (χ3n) is 3.81. The first-order valence-corrected chi connectivity index (χ1v) is 9.30. The topological polar surface area (TPSA) is 38.3 Å². The Morgan fingerprint density at radius 1 is 1.08 bits per heavy atom. The normalized spacial score (nSPS) is 11.8. The first-order valence-electron chi connectivity index (χ1n) is 8.25. The van der Waals surface area contributed by atoms with Crippen molar-refractivity contribution in [2.75, 3.05) is 13.7 Å². The van der Waals surface area contributed by atoms with E-state index in [1.54, 1.807) is 18.9 Å². The van der Waals surface area contributed by atoms with Crippen molar-refractivity contribution >= 4 is 17.7 Å². The van der Waals surface area contributed by atoms with Crippen LogP contribution in [0.25, 0.3) is 0 Å². The average Bonchev–Trinajstić information content (AvgIpc) is 2.64. The summed E-state index contributed by atoms with van der Waals surface area (Å²) in [4.78, 5) is 12.1. The zero-order valence-electron chi connectivity index (χ0n) is 14.3. The minimum Gasteiger partial charge on any atom is -0.497 e. The van der Waals surface area contributed by atoms with Crippen molar-refractivity contribution in [2.45, 2.75) is 30.8 Å². The number of hydrogen-bond acceptors (Lipinski definition) is 3. The molecule has 0 fully saturated rings. The van der Waals surface area contributed by atoms with Gasteiger partial charge in [-0.1, -0.05) is 42.5 Å². The number of amides is 1. The van der Waals surface area contributed by atoms with E-state index in [9.17, 15) is 4.79 Å². The number of ether oxygens (including phenoxy) is 1. The van der Waals surface area contributed by atoms with Gasteiger partial charge in [-0.3, -0.25) is 4.79 Å². The Morgan fingerprint density at radius 3 is 2.46 bits per heavy atom. The lowest BCUT2D eigenvalue weighted by Gasteiger charge is -2.12. The van der Waals surface area contributed by atoms with Crippen LogP contribution in [0.1, 0.15) is 24.5 Å². The molecule has 0 saturated carbocycles. The number of carbonyl (C=O) groups is 1. The Balaban J connectivity index is 1.63. The summed E-state index contributed by atoms with van der Waals surface area (Å²) < 4.78 is 5.15. The molecule has 1 amide bonds. The molecule has 1 N–H and O–H groups in total. The van der Waals surface area contributed by atoms with Crippen LogP contribution >= 0.6 is 11.8 Å². The van der Waals surface area contributed by atoms with Gasteiger partial charge in [0.2, 0.25) is 5.91 Å². The van der Waals surface area contributed by atoms with Gasteiger partial charge in [0.1, 0.15) is 5.75 Å². The number of thioether (sulfide) groups is 1. The molecule has 0 radical (unpaired) electrons. The van der Waals surface area contributed by atoms with E-state index in [4.69, 9.17) is 4.74 Å². The van der Waals surface area contributed by atoms with Gasteiger partial charge < -0.3 is 10.1 Å². The van der Waals surface area contributed by atoms with E-state index in [1.165, 1.54) is 11.1 Å². The third kappa shape index (κ3) is 6.28. The fourth-order valence-corrected chi connectivity index (χ4v) is 3.18. The largest absolute Gasteiger partial charge is 0.497 e. The molecule has 0 aliphatic heterocycles. The van der Waals surface area contributed by atoms with E-state index in [0.717, 1.165) is 24.3 Å². The van der Waals surface area contributed by atoms with Gasteiger partial charge in [-0.05, 0) is 43.0 Å². The maximum atomic E-state index is 12.1. The van der Waals surface area contributed by atoms with Crippen molar-refractivity contribution in [1.82, 2.24) is 5.32 Å². The second kappa shape index (κ2) is 10.0. The average molecular weight is 343 g/mol. The highest BCUT2D eigenvalue weighted by molar-refractivity contribution is 7.99. The predicted octanol–water partition coefficient (Wildman–Crippen LogP) is 4.07. The number of methoxy groups -OCH3 is 1. The molecule has 0 aliphatic carbocycles. The second-order valence-corrected chi connectivity index (χ2v) is 7.01. The van der Waals surface area contributed by atoms with Gasteiger partial charge in [-0.15, -0.1) is 11.8 Å². The van der Waals surface area contributed by atoms with E-state index >= 15 is 0 Å². The predicted molar refractivity (Wildman–Crippen MR) is 102 cm³/mol. The molecule has 3 nitrogen and oxygen atoms in total. The molecule has 2 aromatic carbocycles. The lowest BCUT2D eigenvalue weighted by atomic mass is 10.1. The lowest BCUT2D eigenvalue weighted by molar-refractivity contribution is -0.120. The van der Waals surface area contributed by atoms with E-state index in [1.807, 2.05) is 37.3 Å². The van der Waals surface area contributed by atoms with Crippen LogP contribution in [-0.4, -0.2) is 24.8 Å². The van der Waals surface area contributed by atoms with Crippen molar-refractivity contribution in [1.29, 1.82) is 0 Å². The van der Waals surface area contributed by atoms with Crippen LogP contribution in [0.4, 0.5) is 0 Å². The number of carbonyl (C=O) groups excluding carboxylic acids is 1. The fraction of sp³-hybridized carbons (Fsp3) is 0.350. The molecule has 0 spiro atoms. The smallest absolute Gasteiger partial charge is 0.232 e. The standard InChI is InChI=1S/C20H25NO2S/c1-16(24-15-18-7-4-3-5-8-18)20(22)21-14-6-9-17-10-12-19(23-2)13-11-17/h3-5,7-8,10-13,16H,6,9,14-15H2,1-2H3,(H,21,22)/t16-/m0/s1. The van der Waals surface area contributed by atoms with Gasteiger partial charge in [0, 0.05) is 12.3 Å². The summed E-state index contributed by atoms with van der Waals surface area (Å²) in [6.07, 6.45) is 1.89. The molecule has 2 rings (SSSR count). The molecule has 4 heteroatoms. The summed E-state index contributed by atoms with van der Waals surface area (Å²) in [7, 11) is 1.67. The number of hydrogen-bond donors (Lipinski definition) is 1. The molecule has 128 valence electrons. The van der Waals surface area contributed by atoms with Gasteiger partial charge in [-0.25, -0.2) is 0 Å². The van der Waals surface area contributed by atoms with Gasteiger partial charge >= 0.3 is 0 Å². The summed E-state index contributed by atoms with van der Waals surface area (Å²) >= 11 is 1.67. The van der Waals surface area contributed by atoms with Crippen LogP contribution in [0.2, 0.25) is 0 Å². The molecular formula is C20H25NO2S. The maximum Gasteiger partial charge on any atom is 0.232 e. The van der Waals surface area contributed by atoms with Crippen molar-refractivity contribution in [2.24, 2.45) is 0 Å². The van der Waals surface area contributed by atoms with Gasteiger partial charge in [0.25, 0.3) is 0 Å². The van der Waals surface area contributed by atoms with Crippen LogP contribution < -0.4 is 10.1 Å². The molecule has 0 heterocycles. The van der Waals surface area contributed by atoms with Crippen molar-refractivity contribution < 1.29 is 9.53 Å². The second-order valence-electron chi connectivity index (χ2n) is 5.68. The van der Waals surface area contributed by atoms with Crippen molar-refractivity contribution in [3.63, 3.8) is 0 Å². The highest BCUT2D eigenvalue weighted by atomic mass is 32.2. The maximum absolute atomic E-state index is 12.1. The number of benzene rings is 2. The molecule has 1 atom stereocenters. The Kier molecular flexibility index (Phi) is 7.69. The molecule has 0 bridgehead atoms. The Hall–Kier alpha value is -1.94. The van der Waals surface area contributed by atoms with Crippen LogP contribution in [0, 0.1) is 0 Å². The van der Waals surface area contributed by atoms with Crippen LogP contribution in [-0.2, 0) is 17.0 Å². The number of nitrogens with one attached hydrogen (secondary N) is 1. The van der Waals surface area contributed by atoms with E-state index in [2.05, 4.69) is 29.6 Å². The molecule has 0 unspecified atom stereocenters. The van der Waals surface area contributed by atoms with Crippen molar-refractivity contribution in [3.05, 3.63) is 65.7 Å². The molecule has 2 aromatic rings. The summed E-state index contributed by atoms with van der Waals surface area (Å²) in [5.74, 6) is 1.85. The number of rotatable bonds is 9. The Bertz CT molecular complexity index is 613. The van der Waals surface area contributed by atoms with Gasteiger partial charge in [0.15, 0.2) is 0 Å². The molecular weight excluding hydrogens is 318 g/mol. The zero-order chi connectivity index (χ0) is 17.2. The van der Waals surface area contributed by atoms with Crippen LogP contribution in [0.3, 0.4) is 0 Å². The van der Waals surface area contributed by atoms with Gasteiger partial charge in [0.05, 0.1) is 12.4 Å². The summed E-state index contributed by atoms with van der Waals surface area (Å²) in [5.41, 5.74) is 2.51. The van der Waals surface area contributed by atoms with Crippen LogP contribution in [0.5, 0.6) is 5.75 Å². The first kappa shape index (κ1) is 18.4. The summed E-state index contributed by atoms with van der Waals surface area (Å²) in [6.45, 7) is 2.67. The monoisotopic (exact) mass is 343 g/mol. The van der Waals surface area contributed by atoms with Crippen LogP contribution in [0.15, 0.2) is 54.6 Å². The molecule has 0 aliphatic rings. The molecule has 24 heavy (non-hydrogen) atoms. The van der Waals surface area contributed by atoms with E-state index in [-0.39, 0.29) is 11.2 Å². The highest BCUT2D eigenvalue weighted by Crippen LogP contribution is 2.17. The van der Waals surface area contributed by atoms with E-state index < -0.39 is 0 Å². The Morgan fingerprint density at radius 2 is 1.79 bits per heavy atom.